The van der Waals surface area contributed by atoms with E-state index in [4.69, 9.17) is 9.47 Å². The summed E-state index contributed by atoms with van der Waals surface area (Å²) < 4.78 is 11.7. The molecule has 1 aliphatic carbocycles. The fourth-order valence-corrected chi connectivity index (χ4v) is 6.94. The molecule has 1 atom stereocenters. The lowest BCUT2D eigenvalue weighted by Crippen LogP contribution is -2.35. The first-order valence-electron chi connectivity index (χ1n) is 8.22. The molecular weight excluding hydrogens is 326 g/mol. The molecule has 0 bridgehead atoms. The van der Waals surface area contributed by atoms with Gasteiger partial charge in [-0.05, 0) is 48.8 Å². The van der Waals surface area contributed by atoms with Crippen LogP contribution < -0.4 is 10.6 Å². The van der Waals surface area contributed by atoms with Gasteiger partial charge in [-0.3, -0.25) is 0 Å². The minimum Gasteiger partial charge on any atom is -0.500 e. The van der Waals surface area contributed by atoms with Gasteiger partial charge in [0.15, 0.2) is 0 Å². The average molecular weight is 347 g/mol. The van der Waals surface area contributed by atoms with Gasteiger partial charge < -0.3 is 9.47 Å². The van der Waals surface area contributed by atoms with E-state index in [9.17, 15) is 0 Å². The molecular formula is C21H21BO2P. The van der Waals surface area contributed by atoms with Crippen LogP contribution in [0.25, 0.3) is 0 Å². The zero-order valence-corrected chi connectivity index (χ0v) is 15.5. The highest BCUT2D eigenvalue weighted by Crippen LogP contribution is 2.57. The highest BCUT2D eigenvalue weighted by molar-refractivity contribution is 7.73. The van der Waals surface area contributed by atoms with Crippen LogP contribution in [0.15, 0.2) is 78.3 Å². The quantitative estimate of drug-likeness (QED) is 0.626. The Morgan fingerprint density at radius 1 is 0.840 bits per heavy atom. The number of allylic oxidation sites excluding steroid dienone is 2. The lowest BCUT2D eigenvalue weighted by Gasteiger charge is -2.35. The predicted molar refractivity (Wildman–Crippen MR) is 106 cm³/mol. The third kappa shape index (κ3) is 2.62. The summed E-state index contributed by atoms with van der Waals surface area (Å²) in [5, 5.41) is 2.85. The summed E-state index contributed by atoms with van der Waals surface area (Å²) in [5.41, 5.74) is 1.06. The van der Waals surface area contributed by atoms with Crippen molar-refractivity contribution in [3.05, 3.63) is 83.8 Å². The Bertz CT molecular complexity index is 794. The zero-order chi connectivity index (χ0) is 16.6. The van der Waals surface area contributed by atoms with E-state index in [-0.39, 0.29) is 13.8 Å². The van der Waals surface area contributed by atoms with Gasteiger partial charge in [0.1, 0.15) is 16.9 Å². The van der Waals surface area contributed by atoms with Crippen LogP contribution in [0.3, 0.4) is 0 Å². The Morgan fingerprint density at radius 3 is 2.08 bits per heavy atom. The summed E-state index contributed by atoms with van der Waals surface area (Å²) in [7, 11) is 3.12. The average Bonchev–Trinajstić information content (AvgIpc) is 2.99. The Kier molecular flexibility index (Phi) is 5.06. The highest BCUT2D eigenvalue weighted by atomic mass is 31.1. The van der Waals surface area contributed by atoms with Crippen LogP contribution in [-0.2, 0) is 14.9 Å². The van der Waals surface area contributed by atoms with Crippen LogP contribution in [-0.4, -0.2) is 28.8 Å². The van der Waals surface area contributed by atoms with Crippen LogP contribution in [0.2, 0.25) is 0 Å². The lowest BCUT2D eigenvalue weighted by atomic mass is 9.76. The Labute approximate surface area is 152 Å². The van der Waals surface area contributed by atoms with Crippen molar-refractivity contribution >= 4 is 26.9 Å². The van der Waals surface area contributed by atoms with E-state index >= 15 is 0 Å². The van der Waals surface area contributed by atoms with Crippen molar-refractivity contribution in [2.45, 2.75) is 11.8 Å². The Balaban J connectivity index is 0.00000182. The molecule has 2 nitrogen and oxygen atoms in total. The molecule has 25 heavy (non-hydrogen) atoms. The van der Waals surface area contributed by atoms with Gasteiger partial charge in [0, 0.05) is 8.41 Å². The topological polar surface area (TPSA) is 18.5 Å². The van der Waals surface area contributed by atoms with Crippen LogP contribution in [0.4, 0.5) is 0 Å². The maximum Gasteiger partial charge on any atom is 0.114 e. The molecule has 1 heterocycles. The number of hydrogen-bond donors (Lipinski definition) is 0. The van der Waals surface area contributed by atoms with Crippen LogP contribution >= 0.6 is 7.92 Å². The molecule has 0 fully saturated rings. The molecule has 0 amide bonds. The fourth-order valence-electron chi connectivity index (χ4n) is 4.00. The van der Waals surface area contributed by atoms with Crippen molar-refractivity contribution in [1.82, 2.24) is 0 Å². The van der Waals surface area contributed by atoms with Crippen LogP contribution in [0.1, 0.15) is 12.0 Å². The van der Waals surface area contributed by atoms with E-state index < -0.39 is 7.92 Å². The van der Waals surface area contributed by atoms with Gasteiger partial charge in [-0.2, -0.15) is 0 Å². The number of benzene rings is 2. The maximum atomic E-state index is 5.85. The van der Waals surface area contributed by atoms with E-state index in [0.717, 1.165) is 24.1 Å². The van der Waals surface area contributed by atoms with E-state index in [1.54, 1.807) is 14.2 Å². The van der Waals surface area contributed by atoms with E-state index in [0.29, 0.717) is 0 Å². The van der Waals surface area contributed by atoms with Gasteiger partial charge in [0.2, 0.25) is 0 Å². The monoisotopic (exact) mass is 347 g/mol. The van der Waals surface area contributed by atoms with E-state index in [1.165, 1.54) is 16.2 Å². The lowest BCUT2D eigenvalue weighted by molar-refractivity contribution is 0.178. The normalized spacial score (nSPS) is 20.2. The zero-order valence-electron chi connectivity index (χ0n) is 14.6. The predicted octanol–water partition coefficient (Wildman–Crippen LogP) is 3.45. The van der Waals surface area contributed by atoms with Gasteiger partial charge >= 0.3 is 0 Å². The summed E-state index contributed by atoms with van der Waals surface area (Å²) in [5.74, 6) is 2.05. The molecule has 0 saturated heterocycles. The largest absolute Gasteiger partial charge is 0.500 e. The van der Waals surface area contributed by atoms with E-state index in [1.807, 2.05) is 0 Å². The first-order chi connectivity index (χ1) is 11.8. The Morgan fingerprint density at radius 2 is 1.44 bits per heavy atom. The minimum absolute atomic E-state index is 0. The second-order valence-corrected chi connectivity index (χ2v) is 8.30. The molecule has 0 N–H and O–H groups in total. The van der Waals surface area contributed by atoms with Gasteiger partial charge in [-0.15, -0.1) is 0 Å². The summed E-state index contributed by atoms with van der Waals surface area (Å²) in [4.78, 5) is 0. The number of rotatable bonds is 3. The van der Waals surface area contributed by atoms with Crippen LogP contribution in [0.5, 0.6) is 0 Å². The van der Waals surface area contributed by atoms with Crippen molar-refractivity contribution in [3.63, 3.8) is 0 Å². The van der Waals surface area contributed by atoms with Gasteiger partial charge in [-0.1, -0.05) is 54.6 Å². The third-order valence-electron chi connectivity index (χ3n) is 5.01. The first kappa shape index (κ1) is 17.8. The summed E-state index contributed by atoms with van der Waals surface area (Å²) >= 11 is 0. The summed E-state index contributed by atoms with van der Waals surface area (Å²) in [6.45, 7) is 0. The standard InChI is InChI=1S/C21H21O2P.B/c1-22-19-13-8-14-20(23-2)21(19)15-24(16-9-4-3-5-10-16)18-12-7-6-11-17(18)21;/h3-7,9-14H,8,15H2,1-2H3;/t24-;/m0./s1. The Hall–Kier alpha value is -1.99. The van der Waals surface area contributed by atoms with Crippen molar-refractivity contribution < 1.29 is 9.47 Å². The van der Waals surface area contributed by atoms with Crippen LogP contribution in [0, 0.1) is 0 Å². The molecule has 2 aliphatic rings. The molecule has 4 rings (SSSR count). The van der Waals surface area contributed by atoms with Gasteiger partial charge in [0.05, 0.1) is 14.2 Å². The van der Waals surface area contributed by atoms with E-state index in [2.05, 4.69) is 66.7 Å². The summed E-state index contributed by atoms with van der Waals surface area (Å²) in [6.07, 6.45) is 6.26. The molecule has 1 aliphatic heterocycles. The van der Waals surface area contributed by atoms with Crippen molar-refractivity contribution in [2.75, 3.05) is 20.4 Å². The SMILES string of the molecule is COC1=CCC=C(OC)C12C[P@@](c1ccccc1)c1ccccc12.[B]. The smallest absolute Gasteiger partial charge is 0.114 e. The number of methoxy groups -OCH3 is 2. The molecule has 2 aromatic rings. The number of ether oxygens (including phenoxy) is 2. The highest BCUT2D eigenvalue weighted by Gasteiger charge is 2.52. The maximum absolute atomic E-state index is 5.85. The summed E-state index contributed by atoms with van der Waals surface area (Å²) in [6, 6.07) is 19.6. The molecule has 0 saturated carbocycles. The molecule has 1 spiro atoms. The molecule has 4 heteroatoms. The second-order valence-electron chi connectivity index (χ2n) is 6.12. The molecule has 125 valence electrons. The van der Waals surface area contributed by atoms with Crippen molar-refractivity contribution in [2.24, 2.45) is 0 Å². The molecule has 0 aromatic heterocycles. The van der Waals surface area contributed by atoms with Crippen molar-refractivity contribution in [1.29, 1.82) is 0 Å². The first-order valence-corrected chi connectivity index (χ1v) is 9.75. The van der Waals surface area contributed by atoms with Gasteiger partial charge in [-0.25, -0.2) is 0 Å². The molecule has 3 radical (unpaired) electrons. The number of hydrogen-bond acceptors (Lipinski definition) is 2. The second kappa shape index (κ2) is 7.10. The third-order valence-corrected chi connectivity index (χ3v) is 7.69. The minimum atomic E-state index is -0.434. The molecule has 2 aromatic carbocycles. The van der Waals surface area contributed by atoms with Gasteiger partial charge in [0.25, 0.3) is 0 Å². The fraction of sp³-hybridized carbons (Fsp3) is 0.238. The van der Waals surface area contributed by atoms with Crippen molar-refractivity contribution in [3.8, 4) is 0 Å². The number of fused-ring (bicyclic) bond motifs is 2. The molecule has 0 unspecified atom stereocenters.